The molecule has 0 spiro atoms. The third-order valence-corrected chi connectivity index (χ3v) is 1.79. The minimum absolute atomic E-state index is 0.0478. The first kappa shape index (κ1) is 10.4. The number of nitrogens with zero attached hydrogens (tertiary/aromatic N) is 1. The van der Waals surface area contributed by atoms with Crippen molar-refractivity contribution in [3.8, 4) is 5.88 Å². The fourth-order valence-corrected chi connectivity index (χ4v) is 1.29. The Labute approximate surface area is 83.1 Å². The second-order valence-corrected chi connectivity index (χ2v) is 3.12. The van der Waals surface area contributed by atoms with Gasteiger partial charge >= 0.3 is 6.61 Å². The smallest absolute Gasteiger partial charge is 0.388 e. The van der Waals surface area contributed by atoms with Crippen molar-refractivity contribution < 1.29 is 13.5 Å². The number of aromatic nitrogens is 1. The summed E-state index contributed by atoms with van der Waals surface area (Å²) >= 11 is 3.27. The molecule has 1 rings (SSSR count). The third kappa shape index (κ3) is 3.67. The molecule has 0 aliphatic rings. The van der Waals surface area contributed by atoms with Gasteiger partial charge in [0.25, 0.3) is 0 Å². The largest absolute Gasteiger partial charge is 0.417 e. The molecular formula is C8H8BrF2NO. The lowest BCUT2D eigenvalue weighted by molar-refractivity contribution is -0.0528. The lowest BCUT2D eigenvalue weighted by Gasteiger charge is -2.03. The highest BCUT2D eigenvalue weighted by molar-refractivity contribution is 9.09. The van der Waals surface area contributed by atoms with E-state index >= 15 is 0 Å². The summed E-state index contributed by atoms with van der Waals surface area (Å²) in [6, 6.07) is 3.15. The third-order valence-electron chi connectivity index (χ3n) is 1.39. The maximum atomic E-state index is 11.7. The van der Waals surface area contributed by atoms with E-state index in [-0.39, 0.29) is 5.88 Å². The van der Waals surface area contributed by atoms with Gasteiger partial charge in [0.15, 0.2) is 0 Å². The van der Waals surface area contributed by atoms with Crippen LogP contribution in [0.3, 0.4) is 0 Å². The van der Waals surface area contributed by atoms with Crippen LogP contribution in [-0.4, -0.2) is 16.9 Å². The van der Waals surface area contributed by atoms with Gasteiger partial charge in [-0.2, -0.15) is 8.78 Å². The summed E-state index contributed by atoms with van der Waals surface area (Å²) in [6.07, 6.45) is 2.35. The van der Waals surface area contributed by atoms with Crippen LogP contribution < -0.4 is 4.74 Å². The Balaban J connectivity index is 2.59. The van der Waals surface area contributed by atoms with Crippen molar-refractivity contribution in [2.75, 3.05) is 5.33 Å². The Hall–Kier alpha value is -0.710. The van der Waals surface area contributed by atoms with Crippen molar-refractivity contribution in [1.29, 1.82) is 0 Å². The maximum Gasteiger partial charge on any atom is 0.388 e. The molecule has 5 heteroatoms. The van der Waals surface area contributed by atoms with Crippen molar-refractivity contribution in [2.45, 2.75) is 13.0 Å². The molecule has 0 aliphatic carbocycles. The van der Waals surface area contributed by atoms with Gasteiger partial charge in [0, 0.05) is 17.6 Å². The standard InChI is InChI=1S/C8H8BrF2NO/c9-4-3-6-1-2-7(12-5-6)13-8(10)11/h1-2,5,8H,3-4H2. The fraction of sp³-hybridized carbons (Fsp3) is 0.375. The summed E-state index contributed by atoms with van der Waals surface area (Å²) < 4.78 is 27.5. The monoisotopic (exact) mass is 251 g/mol. The molecule has 2 nitrogen and oxygen atoms in total. The molecule has 0 fully saturated rings. The van der Waals surface area contributed by atoms with Crippen LogP contribution in [0.25, 0.3) is 0 Å². The molecule has 0 N–H and O–H groups in total. The molecule has 0 saturated heterocycles. The van der Waals surface area contributed by atoms with Gasteiger partial charge in [0.2, 0.25) is 5.88 Å². The summed E-state index contributed by atoms with van der Waals surface area (Å²) in [5.41, 5.74) is 0.985. The van der Waals surface area contributed by atoms with Crippen LogP contribution in [0.1, 0.15) is 5.56 Å². The zero-order valence-corrected chi connectivity index (χ0v) is 8.30. The highest BCUT2D eigenvalue weighted by Gasteiger charge is 2.04. The minimum Gasteiger partial charge on any atom is -0.417 e. The lowest BCUT2D eigenvalue weighted by Crippen LogP contribution is -2.03. The van der Waals surface area contributed by atoms with Gasteiger partial charge in [-0.15, -0.1) is 0 Å². The number of rotatable bonds is 4. The van der Waals surface area contributed by atoms with Gasteiger partial charge in [-0.25, -0.2) is 4.98 Å². The highest BCUT2D eigenvalue weighted by Crippen LogP contribution is 2.11. The number of alkyl halides is 3. The SMILES string of the molecule is FC(F)Oc1ccc(CCBr)cn1. The van der Waals surface area contributed by atoms with Gasteiger partial charge in [0.1, 0.15) is 0 Å². The maximum absolute atomic E-state index is 11.7. The highest BCUT2D eigenvalue weighted by atomic mass is 79.9. The van der Waals surface area contributed by atoms with Crippen LogP contribution >= 0.6 is 15.9 Å². The molecule has 0 radical (unpaired) electrons. The zero-order chi connectivity index (χ0) is 9.68. The number of ether oxygens (including phenoxy) is 1. The molecule has 1 aromatic rings. The van der Waals surface area contributed by atoms with Crippen molar-refractivity contribution in [1.82, 2.24) is 4.98 Å². The van der Waals surface area contributed by atoms with Crippen LogP contribution in [0.2, 0.25) is 0 Å². The lowest BCUT2D eigenvalue weighted by atomic mass is 10.2. The first-order chi connectivity index (χ1) is 6.22. The summed E-state index contributed by atoms with van der Waals surface area (Å²) in [7, 11) is 0. The average Bonchev–Trinajstić information content (AvgIpc) is 2.08. The van der Waals surface area contributed by atoms with E-state index < -0.39 is 6.61 Å². The summed E-state index contributed by atoms with van der Waals surface area (Å²) in [5, 5.41) is 0.823. The average molecular weight is 252 g/mol. The van der Waals surface area contributed by atoms with Crippen molar-refractivity contribution >= 4 is 15.9 Å². The van der Waals surface area contributed by atoms with Crippen LogP contribution in [0.5, 0.6) is 5.88 Å². The van der Waals surface area contributed by atoms with Gasteiger partial charge in [-0.05, 0) is 12.0 Å². The number of aryl methyl sites for hydroxylation is 1. The molecule has 13 heavy (non-hydrogen) atoms. The molecule has 0 aliphatic heterocycles. The summed E-state index contributed by atoms with van der Waals surface area (Å²) in [4.78, 5) is 3.71. The first-order valence-electron chi connectivity index (χ1n) is 3.68. The Morgan fingerprint density at radius 1 is 1.46 bits per heavy atom. The van der Waals surface area contributed by atoms with Crippen LogP contribution in [0.4, 0.5) is 8.78 Å². The summed E-state index contributed by atoms with van der Waals surface area (Å²) in [5.74, 6) is -0.0478. The van der Waals surface area contributed by atoms with E-state index in [1.54, 1.807) is 6.07 Å². The molecule has 0 bridgehead atoms. The predicted octanol–water partition coefficient (Wildman–Crippen LogP) is 2.62. The second kappa shape index (κ2) is 5.11. The molecule has 0 saturated carbocycles. The molecule has 0 unspecified atom stereocenters. The van der Waals surface area contributed by atoms with Crippen molar-refractivity contribution in [3.63, 3.8) is 0 Å². The fourth-order valence-electron chi connectivity index (χ4n) is 0.829. The van der Waals surface area contributed by atoms with E-state index in [9.17, 15) is 8.78 Å². The molecular weight excluding hydrogens is 244 g/mol. The zero-order valence-electron chi connectivity index (χ0n) is 6.71. The summed E-state index contributed by atoms with van der Waals surface area (Å²) in [6.45, 7) is -2.81. The molecule has 1 aromatic heterocycles. The topological polar surface area (TPSA) is 22.1 Å². The molecule has 0 amide bonds. The molecule has 0 aromatic carbocycles. The van der Waals surface area contributed by atoms with Crippen LogP contribution in [-0.2, 0) is 6.42 Å². The number of pyridine rings is 1. The van der Waals surface area contributed by atoms with Crippen molar-refractivity contribution in [3.05, 3.63) is 23.9 Å². The number of hydrogen-bond donors (Lipinski definition) is 0. The van der Waals surface area contributed by atoms with Gasteiger partial charge < -0.3 is 4.74 Å². The van der Waals surface area contributed by atoms with Crippen molar-refractivity contribution in [2.24, 2.45) is 0 Å². The van der Waals surface area contributed by atoms with E-state index in [0.717, 1.165) is 17.3 Å². The number of halogens is 3. The Morgan fingerprint density at radius 2 is 2.23 bits per heavy atom. The van der Waals surface area contributed by atoms with Gasteiger partial charge in [-0.1, -0.05) is 22.0 Å². The van der Waals surface area contributed by atoms with Crippen LogP contribution in [0, 0.1) is 0 Å². The van der Waals surface area contributed by atoms with E-state index in [1.165, 1.54) is 12.3 Å². The van der Waals surface area contributed by atoms with E-state index in [1.807, 2.05) is 0 Å². The minimum atomic E-state index is -2.81. The quantitative estimate of drug-likeness (QED) is 0.768. The first-order valence-corrected chi connectivity index (χ1v) is 4.80. The van der Waals surface area contributed by atoms with Gasteiger partial charge in [-0.3, -0.25) is 0 Å². The van der Waals surface area contributed by atoms with E-state index in [2.05, 4.69) is 25.7 Å². The van der Waals surface area contributed by atoms with Crippen LogP contribution in [0.15, 0.2) is 18.3 Å². The molecule has 1 heterocycles. The molecule has 72 valence electrons. The Kier molecular flexibility index (Phi) is 4.08. The molecule has 0 atom stereocenters. The number of hydrogen-bond acceptors (Lipinski definition) is 2. The Bertz CT molecular complexity index is 253. The Morgan fingerprint density at radius 3 is 2.69 bits per heavy atom. The van der Waals surface area contributed by atoms with E-state index in [0.29, 0.717) is 0 Å². The second-order valence-electron chi connectivity index (χ2n) is 2.32. The normalized spacial score (nSPS) is 10.5. The van der Waals surface area contributed by atoms with Gasteiger partial charge in [0.05, 0.1) is 0 Å². The predicted molar refractivity (Wildman–Crippen MR) is 48.4 cm³/mol. The van der Waals surface area contributed by atoms with E-state index in [4.69, 9.17) is 0 Å².